The highest BCUT2D eigenvalue weighted by Crippen LogP contribution is 2.52. The molecule has 0 aromatic heterocycles. The Hall–Kier alpha value is -0.983. The molecule has 0 aliphatic rings. The Morgan fingerprint density at radius 2 is 1.66 bits per heavy atom. The number of aliphatic hydroxyl groups excluding tert-OH is 1. The van der Waals surface area contributed by atoms with E-state index in [0.29, 0.717) is 29.6 Å². The third-order valence-electron chi connectivity index (χ3n) is 5.33. The average molecular weight is 440 g/mol. The van der Waals surface area contributed by atoms with Gasteiger partial charge in [0.25, 0.3) is 0 Å². The third kappa shape index (κ3) is 7.65. The minimum absolute atomic E-state index is 0.371. The summed E-state index contributed by atoms with van der Waals surface area (Å²) in [6.45, 7) is 20.0. The molecule has 29 heavy (non-hydrogen) atoms. The van der Waals surface area contributed by atoms with Crippen molar-refractivity contribution >= 4 is 24.5 Å². The van der Waals surface area contributed by atoms with Crippen LogP contribution < -0.4 is 5.32 Å². The second-order valence-corrected chi connectivity index (χ2v) is 18.3. The largest absolute Gasteiger partial charge is 0.444 e. The maximum Gasteiger partial charge on any atom is 0.407 e. The van der Waals surface area contributed by atoms with Crippen molar-refractivity contribution in [1.29, 1.82) is 0 Å². The maximum absolute atomic E-state index is 11.8. The van der Waals surface area contributed by atoms with Gasteiger partial charge in [-0.2, -0.15) is 11.2 Å². The molecule has 0 aliphatic carbocycles. The smallest absolute Gasteiger partial charge is 0.407 e. The highest BCUT2D eigenvalue weighted by atomic mass is 32.4. The first-order chi connectivity index (χ1) is 13.3. The SMILES string of the molecule is CC(C)[Si](Sc1cccc(C(O)CCNC(=O)OC(C)(C)C)c1)(C(C)C)C(C)C. The lowest BCUT2D eigenvalue weighted by Gasteiger charge is -2.42. The number of rotatable bonds is 9. The summed E-state index contributed by atoms with van der Waals surface area (Å²) in [5.74, 6) is 0. The molecule has 1 rings (SSSR count). The lowest BCUT2D eigenvalue weighted by Crippen LogP contribution is -2.40. The number of carbonyl (C=O) groups is 1. The number of nitrogens with one attached hydrogen (secondary N) is 1. The first-order valence-corrected chi connectivity index (χ1v) is 14.5. The van der Waals surface area contributed by atoms with Crippen molar-refractivity contribution in [3.05, 3.63) is 29.8 Å². The van der Waals surface area contributed by atoms with Crippen molar-refractivity contribution in [2.75, 3.05) is 6.54 Å². The van der Waals surface area contributed by atoms with Crippen LogP contribution in [0.4, 0.5) is 4.79 Å². The topological polar surface area (TPSA) is 58.6 Å². The van der Waals surface area contributed by atoms with E-state index in [1.807, 2.05) is 32.9 Å². The van der Waals surface area contributed by atoms with Gasteiger partial charge in [0.1, 0.15) is 12.8 Å². The lowest BCUT2D eigenvalue weighted by molar-refractivity contribution is 0.0518. The van der Waals surface area contributed by atoms with Crippen molar-refractivity contribution in [1.82, 2.24) is 5.32 Å². The number of hydrogen-bond acceptors (Lipinski definition) is 4. The van der Waals surface area contributed by atoms with Crippen molar-refractivity contribution < 1.29 is 14.6 Å². The zero-order chi connectivity index (χ0) is 22.4. The van der Waals surface area contributed by atoms with Crippen LogP contribution in [0.1, 0.15) is 80.4 Å². The van der Waals surface area contributed by atoms with Crippen LogP contribution in [-0.4, -0.2) is 30.6 Å². The summed E-state index contributed by atoms with van der Waals surface area (Å²) in [4.78, 5) is 13.0. The molecular weight excluding hydrogens is 398 g/mol. The maximum atomic E-state index is 11.8. The Morgan fingerprint density at radius 1 is 1.10 bits per heavy atom. The zero-order valence-electron chi connectivity index (χ0n) is 19.7. The number of aliphatic hydroxyl groups is 1. The predicted octanol–water partition coefficient (Wildman–Crippen LogP) is 6.90. The van der Waals surface area contributed by atoms with Gasteiger partial charge < -0.3 is 15.2 Å². The van der Waals surface area contributed by atoms with Crippen LogP contribution in [-0.2, 0) is 4.74 Å². The fraction of sp³-hybridized carbons (Fsp3) is 0.696. The van der Waals surface area contributed by atoms with Gasteiger partial charge in [0.2, 0.25) is 0 Å². The molecule has 0 fully saturated rings. The Bertz CT molecular complexity index is 634. The summed E-state index contributed by atoms with van der Waals surface area (Å²) in [5.41, 5.74) is 2.38. The van der Waals surface area contributed by atoms with Crippen LogP contribution >= 0.6 is 11.2 Å². The van der Waals surface area contributed by atoms with Crippen molar-refractivity contribution in [3.63, 3.8) is 0 Å². The van der Waals surface area contributed by atoms with Crippen molar-refractivity contribution in [3.8, 4) is 0 Å². The molecule has 0 saturated heterocycles. The van der Waals surface area contributed by atoms with E-state index in [9.17, 15) is 9.90 Å². The van der Waals surface area contributed by atoms with Gasteiger partial charge >= 0.3 is 6.09 Å². The van der Waals surface area contributed by atoms with Crippen LogP contribution in [0.3, 0.4) is 0 Å². The van der Waals surface area contributed by atoms with E-state index in [-0.39, 0.29) is 0 Å². The van der Waals surface area contributed by atoms with Crippen molar-refractivity contribution in [2.45, 2.75) is 102 Å². The molecule has 2 N–H and O–H groups in total. The predicted molar refractivity (Wildman–Crippen MR) is 127 cm³/mol. The summed E-state index contributed by atoms with van der Waals surface area (Å²) in [6, 6.07) is 8.28. The van der Waals surface area contributed by atoms with Gasteiger partial charge in [-0.05, 0) is 61.5 Å². The molecule has 0 aliphatic heterocycles. The summed E-state index contributed by atoms with van der Waals surface area (Å²) < 4.78 is 5.24. The van der Waals surface area contributed by atoms with E-state index >= 15 is 0 Å². The van der Waals surface area contributed by atoms with Crippen molar-refractivity contribution in [2.24, 2.45) is 0 Å². The second-order valence-electron chi connectivity index (χ2n) is 9.73. The van der Waals surface area contributed by atoms with Gasteiger partial charge in [-0.3, -0.25) is 0 Å². The molecule has 1 amide bonds. The molecule has 1 atom stereocenters. The highest BCUT2D eigenvalue weighted by molar-refractivity contribution is 8.29. The number of benzene rings is 1. The Labute approximate surface area is 182 Å². The molecule has 0 radical (unpaired) electrons. The van der Waals surface area contributed by atoms with Crippen LogP contribution in [0.25, 0.3) is 0 Å². The van der Waals surface area contributed by atoms with Crippen LogP contribution in [0.5, 0.6) is 0 Å². The normalized spacial score (nSPS) is 13.8. The highest BCUT2D eigenvalue weighted by Gasteiger charge is 2.44. The molecule has 1 aromatic rings. The van der Waals surface area contributed by atoms with Gasteiger partial charge in [0, 0.05) is 11.4 Å². The van der Waals surface area contributed by atoms with E-state index in [1.165, 1.54) is 4.90 Å². The molecule has 166 valence electrons. The fourth-order valence-electron chi connectivity index (χ4n) is 4.13. The molecule has 4 nitrogen and oxygen atoms in total. The number of hydrogen-bond donors (Lipinski definition) is 2. The average Bonchev–Trinajstić information content (AvgIpc) is 2.57. The molecule has 0 bridgehead atoms. The molecule has 6 heteroatoms. The number of alkyl carbamates (subject to hydrolysis) is 1. The number of carbonyl (C=O) groups excluding carboxylic acids is 1. The van der Waals surface area contributed by atoms with Crippen LogP contribution in [0, 0.1) is 0 Å². The Balaban J connectivity index is 2.82. The number of ether oxygens (including phenoxy) is 1. The monoisotopic (exact) mass is 439 g/mol. The fourth-order valence-corrected chi connectivity index (χ4v) is 13.3. The van der Waals surface area contributed by atoms with Gasteiger partial charge in [-0.15, -0.1) is 0 Å². The summed E-state index contributed by atoms with van der Waals surface area (Å²) in [7, 11) is -1.63. The van der Waals surface area contributed by atoms with Crippen LogP contribution in [0.15, 0.2) is 29.2 Å². The minimum atomic E-state index is -1.63. The third-order valence-corrected chi connectivity index (χ3v) is 17.6. The van der Waals surface area contributed by atoms with E-state index in [2.05, 4.69) is 70.2 Å². The quantitative estimate of drug-likeness (QED) is 0.411. The van der Waals surface area contributed by atoms with Gasteiger partial charge in [-0.1, -0.05) is 53.7 Å². The summed E-state index contributed by atoms with van der Waals surface area (Å²) in [5, 5.41) is 13.3. The molecular formula is C23H41NO3SSi. The van der Waals surface area contributed by atoms with Gasteiger partial charge in [0.05, 0.1) is 6.10 Å². The summed E-state index contributed by atoms with van der Waals surface area (Å²) in [6.07, 6.45) is -0.608. The Kier molecular flexibility index (Phi) is 9.77. The molecule has 1 unspecified atom stereocenters. The van der Waals surface area contributed by atoms with E-state index in [1.54, 1.807) is 0 Å². The molecule has 0 spiro atoms. The van der Waals surface area contributed by atoms with Gasteiger partial charge in [0.15, 0.2) is 0 Å². The number of amides is 1. The molecule has 0 saturated carbocycles. The van der Waals surface area contributed by atoms with Crippen LogP contribution in [0.2, 0.25) is 16.6 Å². The second kappa shape index (κ2) is 10.9. The molecule has 0 heterocycles. The zero-order valence-corrected chi connectivity index (χ0v) is 21.5. The first kappa shape index (κ1) is 26.1. The summed E-state index contributed by atoms with van der Waals surface area (Å²) >= 11 is 2.07. The standard InChI is InChI=1S/C23H41NO3SSi/c1-16(2)29(17(3)4,18(5)6)28-20-12-10-11-19(15-20)21(25)13-14-24-22(26)27-23(7,8)9/h10-12,15-18,21,25H,13-14H2,1-9H3,(H,24,26). The van der Waals surface area contributed by atoms with E-state index < -0.39 is 25.0 Å². The first-order valence-electron chi connectivity index (χ1n) is 10.7. The molecule has 1 aromatic carbocycles. The lowest BCUT2D eigenvalue weighted by atomic mass is 10.1. The van der Waals surface area contributed by atoms with E-state index in [4.69, 9.17) is 4.74 Å². The van der Waals surface area contributed by atoms with Gasteiger partial charge in [-0.25, -0.2) is 4.79 Å². The van der Waals surface area contributed by atoms with E-state index in [0.717, 1.165) is 5.56 Å². The minimum Gasteiger partial charge on any atom is -0.444 e. The Morgan fingerprint density at radius 3 is 2.14 bits per heavy atom.